The van der Waals surface area contributed by atoms with E-state index in [1.807, 2.05) is 57.2 Å². The molecule has 116 valence electrons. The number of hydrogen-bond acceptors (Lipinski definition) is 3. The molecule has 3 N–H and O–H groups in total. The third-order valence-corrected chi connectivity index (χ3v) is 3.44. The third kappa shape index (κ3) is 4.01. The first-order valence-corrected chi connectivity index (χ1v) is 7.40. The first kappa shape index (κ1) is 15.9. The fourth-order valence-corrected chi connectivity index (χ4v) is 2.22. The first-order chi connectivity index (χ1) is 10.5. The molecule has 0 aliphatic rings. The number of nitrogen functional groups attached to an aromatic ring is 1. The molecule has 0 aliphatic heterocycles. The lowest BCUT2D eigenvalue weighted by Crippen LogP contribution is -2.32. The zero-order chi connectivity index (χ0) is 16.1. The average Bonchev–Trinajstić information content (AvgIpc) is 2.47. The van der Waals surface area contributed by atoms with Crippen molar-refractivity contribution >= 4 is 17.3 Å². The van der Waals surface area contributed by atoms with Gasteiger partial charge in [-0.1, -0.05) is 19.1 Å². The van der Waals surface area contributed by atoms with Crippen molar-refractivity contribution in [3.05, 3.63) is 53.6 Å². The normalized spacial score (nSPS) is 11.8. The molecule has 4 nitrogen and oxygen atoms in total. The monoisotopic (exact) mass is 298 g/mol. The molecule has 22 heavy (non-hydrogen) atoms. The van der Waals surface area contributed by atoms with E-state index in [9.17, 15) is 4.79 Å². The van der Waals surface area contributed by atoms with Gasteiger partial charge in [-0.3, -0.25) is 4.79 Å². The van der Waals surface area contributed by atoms with E-state index in [4.69, 9.17) is 10.5 Å². The number of nitrogens with two attached hydrogens (primary N) is 1. The van der Waals surface area contributed by atoms with Gasteiger partial charge in [0.25, 0.3) is 5.91 Å². The van der Waals surface area contributed by atoms with E-state index in [2.05, 4.69) is 5.32 Å². The van der Waals surface area contributed by atoms with E-state index in [0.717, 1.165) is 16.8 Å². The number of ether oxygens (including phenoxy) is 1. The molecule has 0 fully saturated rings. The molecule has 1 atom stereocenters. The minimum atomic E-state index is -0.529. The van der Waals surface area contributed by atoms with Gasteiger partial charge >= 0.3 is 0 Å². The van der Waals surface area contributed by atoms with Crippen LogP contribution in [0, 0.1) is 13.8 Å². The van der Waals surface area contributed by atoms with Crippen molar-refractivity contribution in [1.82, 2.24) is 0 Å². The lowest BCUT2D eigenvalue weighted by atomic mass is 10.1. The van der Waals surface area contributed by atoms with Crippen LogP contribution in [-0.4, -0.2) is 12.0 Å². The van der Waals surface area contributed by atoms with Crippen molar-refractivity contribution in [3.8, 4) is 5.75 Å². The van der Waals surface area contributed by atoms with Crippen molar-refractivity contribution in [2.45, 2.75) is 33.3 Å². The van der Waals surface area contributed by atoms with E-state index in [1.54, 1.807) is 6.07 Å². The SMILES string of the molecule is CC[C@H](Oc1cccc(C)c1)C(=O)Nc1ccc(N)cc1C. The Labute approximate surface area is 131 Å². The second kappa shape index (κ2) is 6.98. The van der Waals surface area contributed by atoms with E-state index in [0.29, 0.717) is 17.9 Å². The summed E-state index contributed by atoms with van der Waals surface area (Å²) in [5.41, 5.74) is 9.19. The van der Waals surface area contributed by atoms with Crippen LogP contribution < -0.4 is 15.8 Å². The molecule has 0 radical (unpaired) electrons. The van der Waals surface area contributed by atoms with Crippen LogP contribution >= 0.6 is 0 Å². The Kier molecular flexibility index (Phi) is 5.04. The van der Waals surface area contributed by atoms with Gasteiger partial charge < -0.3 is 15.8 Å². The lowest BCUT2D eigenvalue weighted by molar-refractivity contribution is -0.122. The Morgan fingerprint density at radius 2 is 2.00 bits per heavy atom. The standard InChI is InChI=1S/C18H22N2O2/c1-4-17(22-15-7-5-6-12(2)10-15)18(21)20-16-9-8-14(19)11-13(16)3/h5-11,17H,4,19H2,1-3H3,(H,20,21)/t17-/m0/s1. The summed E-state index contributed by atoms with van der Waals surface area (Å²) in [5, 5.41) is 2.90. The zero-order valence-corrected chi connectivity index (χ0v) is 13.2. The summed E-state index contributed by atoms with van der Waals surface area (Å²) in [7, 11) is 0. The number of aryl methyl sites for hydroxylation is 2. The van der Waals surface area contributed by atoms with Gasteiger partial charge in [0.05, 0.1) is 0 Å². The Morgan fingerprint density at radius 1 is 1.23 bits per heavy atom. The van der Waals surface area contributed by atoms with E-state index < -0.39 is 6.10 Å². The second-order valence-corrected chi connectivity index (χ2v) is 5.39. The van der Waals surface area contributed by atoms with Crippen LogP contribution in [0.1, 0.15) is 24.5 Å². The minimum Gasteiger partial charge on any atom is -0.481 e. The Bertz CT molecular complexity index is 668. The predicted octanol–water partition coefficient (Wildman–Crippen LogP) is 3.68. The van der Waals surface area contributed by atoms with Crippen molar-refractivity contribution in [1.29, 1.82) is 0 Å². The summed E-state index contributed by atoms with van der Waals surface area (Å²) >= 11 is 0. The van der Waals surface area contributed by atoms with E-state index in [-0.39, 0.29) is 5.91 Å². The summed E-state index contributed by atoms with van der Waals surface area (Å²) < 4.78 is 5.81. The molecule has 0 unspecified atom stereocenters. The van der Waals surface area contributed by atoms with E-state index in [1.165, 1.54) is 0 Å². The van der Waals surface area contributed by atoms with Crippen LogP contribution in [0.3, 0.4) is 0 Å². The summed E-state index contributed by atoms with van der Waals surface area (Å²) in [4.78, 5) is 12.4. The van der Waals surface area contributed by atoms with Crippen LogP contribution in [0.25, 0.3) is 0 Å². The molecule has 2 aromatic carbocycles. The maximum atomic E-state index is 12.4. The number of anilines is 2. The highest BCUT2D eigenvalue weighted by Gasteiger charge is 2.19. The molecule has 2 rings (SSSR count). The highest BCUT2D eigenvalue weighted by molar-refractivity contribution is 5.95. The molecule has 4 heteroatoms. The van der Waals surface area contributed by atoms with Crippen LogP contribution in [0.15, 0.2) is 42.5 Å². The smallest absolute Gasteiger partial charge is 0.265 e. The number of hydrogen-bond donors (Lipinski definition) is 2. The van der Waals surface area contributed by atoms with Crippen LogP contribution in [0.5, 0.6) is 5.75 Å². The zero-order valence-electron chi connectivity index (χ0n) is 13.2. The molecule has 0 spiro atoms. The number of carbonyl (C=O) groups excluding carboxylic acids is 1. The van der Waals surface area contributed by atoms with Crippen LogP contribution in [0.2, 0.25) is 0 Å². The number of nitrogens with one attached hydrogen (secondary N) is 1. The Morgan fingerprint density at radius 3 is 2.64 bits per heavy atom. The molecule has 2 aromatic rings. The average molecular weight is 298 g/mol. The minimum absolute atomic E-state index is 0.156. The molecule has 0 heterocycles. The first-order valence-electron chi connectivity index (χ1n) is 7.40. The van der Waals surface area contributed by atoms with Gasteiger partial charge in [0, 0.05) is 11.4 Å². The second-order valence-electron chi connectivity index (χ2n) is 5.39. The number of carbonyl (C=O) groups is 1. The highest BCUT2D eigenvalue weighted by Crippen LogP contribution is 2.20. The van der Waals surface area contributed by atoms with Crippen molar-refractivity contribution in [2.75, 3.05) is 11.1 Å². The Hall–Kier alpha value is -2.49. The van der Waals surface area contributed by atoms with Gasteiger partial charge in [-0.2, -0.15) is 0 Å². The number of benzene rings is 2. The maximum Gasteiger partial charge on any atom is 0.265 e. The third-order valence-electron chi connectivity index (χ3n) is 3.44. The van der Waals surface area contributed by atoms with Gasteiger partial charge in [0.1, 0.15) is 5.75 Å². The summed E-state index contributed by atoms with van der Waals surface area (Å²) in [6.07, 6.45) is 0.0621. The fourth-order valence-electron chi connectivity index (χ4n) is 2.22. The van der Waals surface area contributed by atoms with Crippen molar-refractivity contribution in [3.63, 3.8) is 0 Å². The van der Waals surface area contributed by atoms with Crippen LogP contribution in [-0.2, 0) is 4.79 Å². The molecule has 0 saturated carbocycles. The fraction of sp³-hybridized carbons (Fsp3) is 0.278. The maximum absolute atomic E-state index is 12.4. The number of rotatable bonds is 5. The molecule has 0 saturated heterocycles. The molecule has 0 bridgehead atoms. The molecular weight excluding hydrogens is 276 g/mol. The summed E-state index contributed by atoms with van der Waals surface area (Å²) in [6.45, 7) is 5.83. The summed E-state index contributed by atoms with van der Waals surface area (Å²) in [5.74, 6) is 0.549. The molecule has 1 amide bonds. The lowest BCUT2D eigenvalue weighted by Gasteiger charge is -2.18. The van der Waals surface area contributed by atoms with Gasteiger partial charge in [-0.05, 0) is 61.7 Å². The largest absolute Gasteiger partial charge is 0.481 e. The Balaban J connectivity index is 2.08. The summed E-state index contributed by atoms with van der Waals surface area (Å²) in [6, 6.07) is 13.1. The molecular formula is C18H22N2O2. The van der Waals surface area contributed by atoms with Gasteiger partial charge in [-0.15, -0.1) is 0 Å². The van der Waals surface area contributed by atoms with E-state index >= 15 is 0 Å². The van der Waals surface area contributed by atoms with Gasteiger partial charge in [0.2, 0.25) is 0 Å². The van der Waals surface area contributed by atoms with Gasteiger partial charge in [0.15, 0.2) is 6.10 Å². The van der Waals surface area contributed by atoms with Crippen LogP contribution in [0.4, 0.5) is 11.4 Å². The highest BCUT2D eigenvalue weighted by atomic mass is 16.5. The molecule has 0 aliphatic carbocycles. The predicted molar refractivity (Wildman–Crippen MR) is 90.1 cm³/mol. The quantitative estimate of drug-likeness (QED) is 0.828. The molecule has 0 aromatic heterocycles. The van der Waals surface area contributed by atoms with Crippen molar-refractivity contribution < 1.29 is 9.53 Å². The topological polar surface area (TPSA) is 64.3 Å². The van der Waals surface area contributed by atoms with Crippen molar-refractivity contribution in [2.24, 2.45) is 0 Å². The number of amides is 1. The van der Waals surface area contributed by atoms with Gasteiger partial charge in [-0.25, -0.2) is 0 Å².